The summed E-state index contributed by atoms with van der Waals surface area (Å²) in [5, 5.41) is 15.0. The summed E-state index contributed by atoms with van der Waals surface area (Å²) in [5.74, 6) is 1.02. The second-order valence-electron chi connectivity index (χ2n) is 6.07. The van der Waals surface area contributed by atoms with Crippen molar-refractivity contribution in [3.63, 3.8) is 0 Å². The molecule has 3 atom stereocenters. The second kappa shape index (κ2) is 6.39. The fourth-order valence-corrected chi connectivity index (χ4v) is 7.37. The van der Waals surface area contributed by atoms with Crippen LogP contribution in [0.3, 0.4) is 0 Å². The first-order valence-electron chi connectivity index (χ1n) is 7.99. The monoisotopic (exact) mass is 358 g/mol. The Bertz CT molecular complexity index is 897. The van der Waals surface area contributed by atoms with Gasteiger partial charge in [0.2, 0.25) is 0 Å². The van der Waals surface area contributed by atoms with E-state index in [0.29, 0.717) is 17.9 Å². The van der Waals surface area contributed by atoms with Gasteiger partial charge in [-0.2, -0.15) is 0 Å². The quantitative estimate of drug-likeness (QED) is 0.716. The molecular formula is C19H18O3S2. The molecule has 0 radical (unpaired) electrons. The maximum Gasteiger partial charge on any atom is 0.140 e. The van der Waals surface area contributed by atoms with Gasteiger partial charge in [0.1, 0.15) is 10.7 Å². The standard InChI is InChI=1S/C19H18O3S2/c20-18(19-23(21)10-5-11-24(19)22)17-15-8-3-1-6-13(15)12-14-7-2-4-9-16(14)17/h1-4,6-9,12,18-20H,5,10-11H2/t18-,19?,23?,24?/m0/s1. The van der Waals surface area contributed by atoms with E-state index in [2.05, 4.69) is 6.07 Å². The Morgan fingerprint density at radius 1 is 0.875 bits per heavy atom. The van der Waals surface area contributed by atoms with Gasteiger partial charge in [0.05, 0.1) is 0 Å². The minimum Gasteiger partial charge on any atom is -0.386 e. The third-order valence-electron chi connectivity index (χ3n) is 4.58. The SMILES string of the molecule is O=S1CCCS(=O)C1[C@@H](O)c1c2ccccc2cc2ccccc12. The Hall–Kier alpha value is -1.56. The number of aliphatic hydroxyl groups is 1. The summed E-state index contributed by atoms with van der Waals surface area (Å²) < 4.78 is 24.2. The zero-order valence-corrected chi connectivity index (χ0v) is 14.7. The third-order valence-corrected chi connectivity index (χ3v) is 8.80. The molecule has 1 heterocycles. The Balaban J connectivity index is 1.99. The molecule has 24 heavy (non-hydrogen) atoms. The van der Waals surface area contributed by atoms with Gasteiger partial charge < -0.3 is 5.11 Å². The average Bonchev–Trinajstić information content (AvgIpc) is 2.59. The van der Waals surface area contributed by atoms with Crippen LogP contribution in [-0.2, 0) is 21.6 Å². The number of aliphatic hydroxyl groups excluding tert-OH is 1. The van der Waals surface area contributed by atoms with Gasteiger partial charge in [0.25, 0.3) is 0 Å². The Labute approximate surface area is 145 Å². The van der Waals surface area contributed by atoms with Crippen LogP contribution < -0.4 is 0 Å². The summed E-state index contributed by atoms with van der Waals surface area (Å²) in [6.45, 7) is 0. The van der Waals surface area contributed by atoms with Gasteiger partial charge in [-0.05, 0) is 39.6 Å². The van der Waals surface area contributed by atoms with Crippen molar-refractivity contribution in [2.45, 2.75) is 17.1 Å². The molecule has 1 N–H and O–H groups in total. The van der Waals surface area contributed by atoms with Crippen LogP contribution >= 0.6 is 0 Å². The topological polar surface area (TPSA) is 54.4 Å². The van der Waals surface area contributed by atoms with E-state index in [1.54, 1.807) is 0 Å². The minimum atomic E-state index is -1.27. The summed E-state index contributed by atoms with van der Waals surface area (Å²) in [7, 11) is -2.55. The van der Waals surface area contributed by atoms with Gasteiger partial charge in [0.15, 0.2) is 0 Å². The van der Waals surface area contributed by atoms with Crippen LogP contribution in [0.2, 0.25) is 0 Å². The highest BCUT2D eigenvalue weighted by molar-refractivity contribution is 8.03. The summed E-state index contributed by atoms with van der Waals surface area (Å²) >= 11 is 0. The molecule has 3 aromatic rings. The first kappa shape index (κ1) is 15.9. The normalized spacial score (nSPS) is 25.8. The molecule has 1 fully saturated rings. The van der Waals surface area contributed by atoms with E-state index in [4.69, 9.17) is 0 Å². The average molecular weight is 358 g/mol. The van der Waals surface area contributed by atoms with E-state index < -0.39 is 32.3 Å². The lowest BCUT2D eigenvalue weighted by Gasteiger charge is -2.27. The lowest BCUT2D eigenvalue weighted by molar-refractivity contribution is 0.196. The molecule has 0 aliphatic carbocycles. The Morgan fingerprint density at radius 3 is 1.92 bits per heavy atom. The molecule has 1 aliphatic rings. The smallest absolute Gasteiger partial charge is 0.140 e. The number of hydrogen-bond acceptors (Lipinski definition) is 3. The van der Waals surface area contributed by atoms with Crippen molar-refractivity contribution in [2.75, 3.05) is 11.5 Å². The number of benzene rings is 3. The van der Waals surface area contributed by atoms with Gasteiger partial charge in [-0.3, -0.25) is 8.42 Å². The lowest BCUT2D eigenvalue weighted by Crippen LogP contribution is -2.36. The Kier molecular flexibility index (Phi) is 4.24. The molecule has 0 aromatic heterocycles. The molecule has 3 nitrogen and oxygen atoms in total. The van der Waals surface area contributed by atoms with Crippen molar-refractivity contribution in [3.05, 3.63) is 60.2 Å². The van der Waals surface area contributed by atoms with Gasteiger partial charge in [-0.25, -0.2) is 0 Å². The first-order valence-corrected chi connectivity index (χ1v) is 10.8. The highest BCUT2D eigenvalue weighted by Gasteiger charge is 2.36. The van der Waals surface area contributed by atoms with E-state index >= 15 is 0 Å². The van der Waals surface area contributed by atoms with Crippen molar-refractivity contribution < 1.29 is 13.5 Å². The van der Waals surface area contributed by atoms with Crippen molar-refractivity contribution in [1.82, 2.24) is 0 Å². The molecule has 0 amide bonds. The summed E-state index contributed by atoms with van der Waals surface area (Å²) in [4.78, 5) is 0. The van der Waals surface area contributed by atoms with Gasteiger partial charge >= 0.3 is 0 Å². The van der Waals surface area contributed by atoms with Crippen LogP contribution in [0.4, 0.5) is 0 Å². The van der Waals surface area contributed by atoms with Crippen molar-refractivity contribution in [2.24, 2.45) is 0 Å². The summed E-state index contributed by atoms with van der Waals surface area (Å²) in [6, 6.07) is 17.8. The van der Waals surface area contributed by atoms with Gasteiger partial charge in [-0.1, -0.05) is 48.5 Å². The molecule has 4 rings (SSSR count). The molecule has 2 unspecified atom stereocenters. The van der Waals surface area contributed by atoms with Crippen molar-refractivity contribution in [1.29, 1.82) is 0 Å². The molecule has 3 aromatic carbocycles. The van der Waals surface area contributed by atoms with Crippen LogP contribution in [0.25, 0.3) is 21.5 Å². The highest BCUT2D eigenvalue weighted by Crippen LogP contribution is 2.37. The zero-order valence-electron chi connectivity index (χ0n) is 13.1. The summed E-state index contributed by atoms with van der Waals surface area (Å²) in [5.41, 5.74) is 0.748. The lowest BCUT2D eigenvalue weighted by atomic mass is 9.94. The van der Waals surface area contributed by atoms with Gasteiger partial charge in [0, 0.05) is 33.1 Å². The summed E-state index contributed by atoms with van der Waals surface area (Å²) in [6.07, 6.45) is -0.304. The predicted octanol–water partition coefficient (Wildman–Crippen LogP) is 3.25. The minimum absolute atomic E-state index is 0.510. The van der Waals surface area contributed by atoms with Crippen LogP contribution in [0.5, 0.6) is 0 Å². The van der Waals surface area contributed by atoms with Crippen molar-refractivity contribution >= 4 is 43.1 Å². The largest absolute Gasteiger partial charge is 0.386 e. The fraction of sp³-hybridized carbons (Fsp3) is 0.263. The zero-order chi connectivity index (χ0) is 16.7. The molecule has 5 heteroatoms. The van der Waals surface area contributed by atoms with Crippen LogP contribution in [0.1, 0.15) is 18.1 Å². The van der Waals surface area contributed by atoms with E-state index in [1.165, 1.54) is 0 Å². The fourth-order valence-electron chi connectivity index (χ4n) is 3.49. The predicted molar refractivity (Wildman–Crippen MR) is 101 cm³/mol. The maximum atomic E-state index is 12.4. The van der Waals surface area contributed by atoms with E-state index in [9.17, 15) is 13.5 Å². The van der Waals surface area contributed by atoms with E-state index in [-0.39, 0.29) is 0 Å². The van der Waals surface area contributed by atoms with E-state index in [0.717, 1.165) is 27.1 Å². The number of hydrogen-bond donors (Lipinski definition) is 1. The number of fused-ring (bicyclic) bond motifs is 2. The van der Waals surface area contributed by atoms with Crippen LogP contribution in [-0.4, -0.2) is 29.6 Å². The molecular weight excluding hydrogens is 340 g/mol. The van der Waals surface area contributed by atoms with Crippen molar-refractivity contribution in [3.8, 4) is 0 Å². The Morgan fingerprint density at radius 2 is 1.38 bits per heavy atom. The first-order chi connectivity index (χ1) is 11.7. The molecule has 1 aliphatic heterocycles. The maximum absolute atomic E-state index is 12.4. The highest BCUT2D eigenvalue weighted by atomic mass is 32.2. The molecule has 0 spiro atoms. The molecule has 1 saturated heterocycles. The number of rotatable bonds is 2. The second-order valence-corrected chi connectivity index (χ2v) is 9.72. The van der Waals surface area contributed by atoms with Gasteiger partial charge in [-0.15, -0.1) is 0 Å². The molecule has 124 valence electrons. The van der Waals surface area contributed by atoms with E-state index in [1.807, 2.05) is 48.5 Å². The van der Waals surface area contributed by atoms with Crippen LogP contribution in [0.15, 0.2) is 54.6 Å². The third kappa shape index (κ3) is 2.61. The van der Waals surface area contributed by atoms with Crippen LogP contribution in [0, 0.1) is 0 Å². The molecule has 0 bridgehead atoms. The molecule has 0 saturated carbocycles.